The Morgan fingerprint density at radius 3 is 2.44 bits per heavy atom. The molecule has 0 saturated carbocycles. The van der Waals surface area contributed by atoms with Gasteiger partial charge in [-0.3, -0.25) is 5.32 Å². The SMILES string of the molecule is CCCCCCCCCCC#Cc1cccc(C[C@H]2O[C@H]2NC(=O)OC(=O)c2ccccc2)c1. The highest BCUT2D eigenvalue weighted by molar-refractivity contribution is 5.96. The molecule has 3 rings (SSSR count). The number of benzene rings is 2. The maximum atomic E-state index is 11.9. The van der Waals surface area contributed by atoms with Crippen LogP contribution in [0.1, 0.15) is 86.2 Å². The number of hydrogen-bond acceptors (Lipinski definition) is 4. The molecule has 1 fully saturated rings. The van der Waals surface area contributed by atoms with Crippen LogP contribution in [-0.2, 0) is 15.9 Å². The van der Waals surface area contributed by atoms with Gasteiger partial charge in [0.1, 0.15) is 6.10 Å². The molecule has 5 heteroatoms. The number of hydrogen-bond donors (Lipinski definition) is 1. The lowest BCUT2D eigenvalue weighted by molar-refractivity contribution is 0.0617. The summed E-state index contributed by atoms with van der Waals surface area (Å²) in [5.41, 5.74) is 2.42. The first-order valence-electron chi connectivity index (χ1n) is 12.5. The summed E-state index contributed by atoms with van der Waals surface area (Å²) in [7, 11) is 0. The topological polar surface area (TPSA) is 67.9 Å². The second kappa shape index (κ2) is 14.2. The number of epoxide rings is 1. The van der Waals surface area contributed by atoms with E-state index in [1.54, 1.807) is 30.3 Å². The van der Waals surface area contributed by atoms with E-state index in [0.29, 0.717) is 12.0 Å². The van der Waals surface area contributed by atoms with Crippen molar-refractivity contribution in [3.63, 3.8) is 0 Å². The van der Waals surface area contributed by atoms with Crippen LogP contribution in [0.4, 0.5) is 4.79 Å². The number of nitrogens with one attached hydrogen (secondary N) is 1. The Bertz CT molecular complexity index is 976. The van der Waals surface area contributed by atoms with Gasteiger partial charge in [0.15, 0.2) is 6.23 Å². The molecule has 0 radical (unpaired) electrons. The second-order valence-corrected chi connectivity index (χ2v) is 8.71. The van der Waals surface area contributed by atoms with Crippen LogP contribution in [0.15, 0.2) is 54.6 Å². The molecule has 1 heterocycles. The van der Waals surface area contributed by atoms with Gasteiger partial charge in [-0.2, -0.15) is 0 Å². The first-order valence-corrected chi connectivity index (χ1v) is 12.5. The Kier molecular flexibility index (Phi) is 10.7. The molecule has 180 valence electrons. The molecular formula is C29H35NO4. The molecule has 0 aliphatic carbocycles. The van der Waals surface area contributed by atoms with Gasteiger partial charge in [-0.1, -0.05) is 94.0 Å². The van der Waals surface area contributed by atoms with Gasteiger partial charge in [0.25, 0.3) is 0 Å². The molecule has 0 spiro atoms. The van der Waals surface area contributed by atoms with Gasteiger partial charge in [-0.05, 0) is 36.2 Å². The van der Waals surface area contributed by atoms with Crippen molar-refractivity contribution in [2.24, 2.45) is 0 Å². The lowest BCUT2D eigenvalue weighted by Gasteiger charge is -2.03. The zero-order valence-electron chi connectivity index (χ0n) is 20.1. The molecule has 2 aromatic carbocycles. The third-order valence-electron chi connectivity index (χ3n) is 5.79. The number of carbonyl (C=O) groups is 2. The molecule has 5 nitrogen and oxygen atoms in total. The van der Waals surface area contributed by atoms with E-state index in [1.807, 2.05) is 18.2 Å². The van der Waals surface area contributed by atoms with Gasteiger partial charge in [0.2, 0.25) is 0 Å². The van der Waals surface area contributed by atoms with E-state index in [0.717, 1.165) is 24.0 Å². The molecule has 0 bridgehead atoms. The molecule has 1 aliphatic rings. The molecule has 1 amide bonds. The van der Waals surface area contributed by atoms with E-state index in [2.05, 4.69) is 30.1 Å². The lowest BCUT2D eigenvalue weighted by Crippen LogP contribution is -2.30. The zero-order valence-corrected chi connectivity index (χ0v) is 20.1. The van der Waals surface area contributed by atoms with E-state index in [1.165, 1.54) is 44.9 Å². The average molecular weight is 462 g/mol. The maximum absolute atomic E-state index is 11.9. The molecule has 2 aromatic rings. The highest BCUT2D eigenvalue weighted by atomic mass is 16.6. The van der Waals surface area contributed by atoms with Crippen LogP contribution < -0.4 is 5.32 Å². The summed E-state index contributed by atoms with van der Waals surface area (Å²) in [5, 5.41) is 2.58. The van der Waals surface area contributed by atoms with E-state index >= 15 is 0 Å². The van der Waals surface area contributed by atoms with Crippen molar-refractivity contribution < 1.29 is 19.1 Å². The molecule has 1 aliphatic heterocycles. The maximum Gasteiger partial charge on any atom is 0.417 e. The molecule has 0 aromatic heterocycles. The fraction of sp³-hybridized carbons (Fsp3) is 0.448. The van der Waals surface area contributed by atoms with Crippen molar-refractivity contribution in [3.05, 3.63) is 71.3 Å². The van der Waals surface area contributed by atoms with Gasteiger partial charge in [-0.15, -0.1) is 0 Å². The van der Waals surface area contributed by atoms with Gasteiger partial charge in [-0.25, -0.2) is 9.59 Å². The van der Waals surface area contributed by atoms with Gasteiger partial charge in [0, 0.05) is 18.4 Å². The normalized spacial score (nSPS) is 16.3. The van der Waals surface area contributed by atoms with Gasteiger partial charge >= 0.3 is 12.1 Å². The van der Waals surface area contributed by atoms with Crippen LogP contribution >= 0.6 is 0 Å². The number of esters is 1. The summed E-state index contributed by atoms with van der Waals surface area (Å²) in [6.07, 6.45) is 10.7. The lowest BCUT2D eigenvalue weighted by atomic mass is 10.1. The van der Waals surface area contributed by atoms with Crippen LogP contribution in [0.2, 0.25) is 0 Å². The Morgan fingerprint density at radius 1 is 0.941 bits per heavy atom. The number of carbonyl (C=O) groups excluding carboxylic acids is 2. The molecule has 1 saturated heterocycles. The molecule has 34 heavy (non-hydrogen) atoms. The summed E-state index contributed by atoms with van der Waals surface area (Å²) in [6, 6.07) is 16.5. The standard InChI is InChI=1S/C29H35NO4/c1-2-3-4-5-6-7-8-9-10-12-16-23-17-15-18-24(21-23)22-26-27(33-26)30-29(32)34-28(31)25-19-13-11-14-20-25/h11,13-15,17-21,26-27H,2-10,22H2,1H3,(H,30,32)/t26-,27-/m1/s1. The second-order valence-electron chi connectivity index (χ2n) is 8.71. The van der Waals surface area contributed by atoms with Crippen LogP contribution in [-0.4, -0.2) is 24.4 Å². The third-order valence-corrected chi connectivity index (χ3v) is 5.79. The summed E-state index contributed by atoms with van der Waals surface area (Å²) >= 11 is 0. The van der Waals surface area contributed by atoms with E-state index in [4.69, 9.17) is 9.47 Å². The quantitative estimate of drug-likeness (QED) is 0.130. The summed E-state index contributed by atoms with van der Waals surface area (Å²) in [6.45, 7) is 2.25. The largest absolute Gasteiger partial charge is 0.417 e. The minimum Gasteiger partial charge on any atom is -0.372 e. The number of amides is 1. The van der Waals surface area contributed by atoms with E-state index < -0.39 is 18.3 Å². The number of unbranched alkanes of at least 4 members (excludes halogenated alkanes) is 8. The fourth-order valence-corrected chi connectivity index (χ4v) is 3.81. The van der Waals surface area contributed by atoms with Crippen LogP contribution in [0.3, 0.4) is 0 Å². The van der Waals surface area contributed by atoms with Gasteiger partial charge in [0.05, 0.1) is 5.56 Å². The first-order chi connectivity index (χ1) is 16.7. The Labute approximate surface area is 203 Å². The van der Waals surface area contributed by atoms with Crippen molar-refractivity contribution >= 4 is 12.1 Å². The number of alkyl carbamates (subject to hydrolysis) is 1. The highest BCUT2D eigenvalue weighted by Gasteiger charge is 2.40. The Balaban J connectivity index is 1.32. The van der Waals surface area contributed by atoms with Crippen molar-refractivity contribution in [2.45, 2.75) is 83.5 Å². The van der Waals surface area contributed by atoms with Crippen LogP contribution in [0, 0.1) is 11.8 Å². The van der Waals surface area contributed by atoms with Crippen LogP contribution in [0.25, 0.3) is 0 Å². The monoisotopic (exact) mass is 461 g/mol. The Morgan fingerprint density at radius 2 is 1.68 bits per heavy atom. The third kappa shape index (κ3) is 9.41. The molecular weight excluding hydrogens is 426 g/mol. The Hall–Kier alpha value is -3.10. The average Bonchev–Trinajstić information content (AvgIpc) is 3.57. The molecule has 0 unspecified atom stereocenters. The predicted octanol–water partition coefficient (Wildman–Crippen LogP) is 6.40. The first kappa shape index (κ1) is 25.5. The summed E-state index contributed by atoms with van der Waals surface area (Å²) < 4.78 is 10.3. The van der Waals surface area contributed by atoms with Crippen molar-refractivity contribution in [1.29, 1.82) is 0 Å². The van der Waals surface area contributed by atoms with Crippen molar-refractivity contribution in [3.8, 4) is 11.8 Å². The summed E-state index contributed by atoms with van der Waals surface area (Å²) in [4.78, 5) is 23.9. The predicted molar refractivity (Wildman–Crippen MR) is 133 cm³/mol. The highest BCUT2D eigenvalue weighted by Crippen LogP contribution is 2.24. The number of ether oxygens (including phenoxy) is 2. The van der Waals surface area contributed by atoms with Crippen LogP contribution in [0.5, 0.6) is 0 Å². The van der Waals surface area contributed by atoms with Crippen molar-refractivity contribution in [2.75, 3.05) is 0 Å². The van der Waals surface area contributed by atoms with E-state index in [-0.39, 0.29) is 6.10 Å². The fourth-order valence-electron chi connectivity index (χ4n) is 3.81. The molecule has 2 atom stereocenters. The number of rotatable bonds is 12. The zero-order chi connectivity index (χ0) is 24.0. The van der Waals surface area contributed by atoms with Crippen molar-refractivity contribution in [1.82, 2.24) is 5.32 Å². The smallest absolute Gasteiger partial charge is 0.372 e. The minimum absolute atomic E-state index is 0.139. The van der Waals surface area contributed by atoms with E-state index in [9.17, 15) is 9.59 Å². The minimum atomic E-state index is -0.804. The van der Waals surface area contributed by atoms with Gasteiger partial charge < -0.3 is 9.47 Å². The molecule has 1 N–H and O–H groups in total. The summed E-state index contributed by atoms with van der Waals surface area (Å²) in [5.74, 6) is 5.86.